The SMILES string of the molecule is C[C@@H]1OC(OC2[C@@H](CNS(=O)(=O)O)OCC[C@H]2O[C@@H]2O[C@H](CO)[C@H](O)[C@H](OC(CC3CCCCC3)C(=O)O)[C@H]2O)[C@@H](O)[C@H](O)[C@@H]1O. The number of hydrogen-bond acceptors (Lipinski definition) is 15. The van der Waals surface area contributed by atoms with Crippen LogP contribution in [0.1, 0.15) is 51.9 Å². The quantitative estimate of drug-likeness (QED) is 0.0872. The number of aliphatic hydroxyl groups is 6. The summed E-state index contributed by atoms with van der Waals surface area (Å²) in [7, 11) is -4.69. The summed E-state index contributed by atoms with van der Waals surface area (Å²) in [6.45, 7) is 0.0740. The molecule has 3 heterocycles. The molecule has 3 saturated heterocycles. The van der Waals surface area contributed by atoms with Crippen molar-refractivity contribution in [2.24, 2.45) is 5.92 Å². The van der Waals surface area contributed by atoms with Crippen LogP contribution in [0.3, 0.4) is 0 Å². The van der Waals surface area contributed by atoms with Crippen LogP contribution < -0.4 is 4.72 Å². The molecule has 14 atom stereocenters. The number of carboxylic acid groups (broad SMARTS) is 1. The number of ether oxygens (including phenoxy) is 6. The Hall–Kier alpha value is -1.14. The Morgan fingerprint density at radius 2 is 1.54 bits per heavy atom. The van der Waals surface area contributed by atoms with Gasteiger partial charge in [0.1, 0.15) is 48.8 Å². The average molecular weight is 690 g/mol. The molecule has 1 saturated carbocycles. The van der Waals surface area contributed by atoms with E-state index in [4.69, 9.17) is 28.4 Å². The summed E-state index contributed by atoms with van der Waals surface area (Å²) < 4.78 is 68.5. The van der Waals surface area contributed by atoms with Crippen molar-refractivity contribution in [1.82, 2.24) is 4.72 Å². The normalized spacial score (nSPS) is 42.0. The van der Waals surface area contributed by atoms with E-state index < -0.39 is 115 Å². The molecule has 0 bridgehead atoms. The summed E-state index contributed by atoms with van der Waals surface area (Å²) in [6.07, 6.45) is -15.7. The third-order valence-electron chi connectivity index (χ3n) is 9.03. The lowest BCUT2D eigenvalue weighted by Gasteiger charge is -2.47. The zero-order chi connectivity index (χ0) is 33.8. The summed E-state index contributed by atoms with van der Waals surface area (Å²) in [5.74, 6) is -1.20. The minimum atomic E-state index is -4.69. The molecule has 19 heteroatoms. The first-order chi connectivity index (χ1) is 21.7. The molecule has 9 N–H and O–H groups in total. The van der Waals surface area contributed by atoms with Gasteiger partial charge in [-0.05, 0) is 25.7 Å². The number of hydrogen-bond donors (Lipinski definition) is 9. The van der Waals surface area contributed by atoms with E-state index in [1.165, 1.54) is 6.92 Å². The third-order valence-corrected chi connectivity index (χ3v) is 9.56. The van der Waals surface area contributed by atoms with E-state index in [0.29, 0.717) is 0 Å². The van der Waals surface area contributed by atoms with Crippen LogP contribution >= 0.6 is 0 Å². The van der Waals surface area contributed by atoms with Crippen LogP contribution in [0.2, 0.25) is 0 Å². The van der Waals surface area contributed by atoms with Crippen molar-refractivity contribution in [3.8, 4) is 0 Å². The van der Waals surface area contributed by atoms with Gasteiger partial charge in [0.2, 0.25) is 0 Å². The molecule has 4 rings (SSSR count). The van der Waals surface area contributed by atoms with E-state index in [0.717, 1.165) is 32.1 Å². The standard InChI is InChI=1S/C27H47NO17S/c1-12-18(30)20(32)21(33)26(41-12)45-23-14(7-8-40-16(23)10-28-46(37,38)39)43-27-22(34)24(19(31)17(11-29)44-27)42-15(25(35)36)9-13-5-3-2-4-6-13/h12-24,26-34H,2-11H2,1H3,(H,35,36)(H,37,38,39)/t12-,14+,15?,16+,17+,18+,19-,20+,21-,22+,23?,24-,26?,27+/m0/s1. The van der Waals surface area contributed by atoms with E-state index in [1.54, 1.807) is 0 Å². The molecule has 0 aromatic carbocycles. The maximum Gasteiger partial charge on any atom is 0.333 e. The Labute approximate surface area is 266 Å². The molecular formula is C27H47NO17S. The Morgan fingerprint density at radius 3 is 2.17 bits per heavy atom. The van der Waals surface area contributed by atoms with Crippen LogP contribution in [-0.4, -0.2) is 160 Å². The van der Waals surface area contributed by atoms with Gasteiger partial charge in [-0.2, -0.15) is 13.1 Å². The van der Waals surface area contributed by atoms with Gasteiger partial charge in [-0.3, -0.25) is 4.55 Å². The molecule has 4 aliphatic rings. The lowest BCUT2D eigenvalue weighted by atomic mass is 9.85. The number of rotatable bonds is 13. The first kappa shape index (κ1) is 37.7. The van der Waals surface area contributed by atoms with Crippen molar-refractivity contribution < 1.29 is 81.9 Å². The zero-order valence-electron chi connectivity index (χ0n) is 25.4. The van der Waals surface area contributed by atoms with E-state index in [1.807, 2.05) is 4.72 Å². The number of carboxylic acids is 1. The molecule has 4 fully saturated rings. The Kier molecular flexibility index (Phi) is 13.5. The monoisotopic (exact) mass is 689 g/mol. The molecule has 268 valence electrons. The molecular weight excluding hydrogens is 642 g/mol. The molecule has 18 nitrogen and oxygen atoms in total. The largest absolute Gasteiger partial charge is 0.479 e. The smallest absolute Gasteiger partial charge is 0.333 e. The zero-order valence-corrected chi connectivity index (χ0v) is 26.2. The molecule has 3 aliphatic heterocycles. The second kappa shape index (κ2) is 16.5. The predicted molar refractivity (Wildman–Crippen MR) is 151 cm³/mol. The molecule has 0 aromatic rings. The van der Waals surface area contributed by atoms with Crippen LogP contribution in [-0.2, 0) is 43.5 Å². The number of carbonyl (C=O) groups is 1. The highest BCUT2D eigenvalue weighted by Crippen LogP contribution is 2.34. The van der Waals surface area contributed by atoms with Gasteiger partial charge in [-0.25, -0.2) is 4.79 Å². The Bertz CT molecular complexity index is 1080. The number of nitrogens with one attached hydrogen (secondary N) is 1. The van der Waals surface area contributed by atoms with Crippen molar-refractivity contribution >= 4 is 16.3 Å². The summed E-state index contributed by atoms with van der Waals surface area (Å²) in [6, 6.07) is 0. The van der Waals surface area contributed by atoms with E-state index >= 15 is 0 Å². The second-order valence-corrected chi connectivity index (χ2v) is 13.6. The molecule has 0 spiro atoms. The van der Waals surface area contributed by atoms with Gasteiger partial charge in [-0.15, -0.1) is 0 Å². The topological polar surface area (TPSA) is 280 Å². The summed E-state index contributed by atoms with van der Waals surface area (Å²) in [5.41, 5.74) is 0. The summed E-state index contributed by atoms with van der Waals surface area (Å²) >= 11 is 0. The minimum Gasteiger partial charge on any atom is -0.479 e. The van der Waals surface area contributed by atoms with Crippen LogP contribution in [0.25, 0.3) is 0 Å². The molecule has 3 unspecified atom stereocenters. The van der Waals surface area contributed by atoms with E-state index in [-0.39, 0.29) is 25.4 Å². The molecule has 0 aromatic heterocycles. The second-order valence-electron chi connectivity index (χ2n) is 12.4. The van der Waals surface area contributed by atoms with Crippen LogP contribution in [0, 0.1) is 5.92 Å². The van der Waals surface area contributed by atoms with Crippen molar-refractivity contribution in [1.29, 1.82) is 0 Å². The average Bonchev–Trinajstić information content (AvgIpc) is 3.01. The highest BCUT2D eigenvalue weighted by Gasteiger charge is 2.51. The van der Waals surface area contributed by atoms with Gasteiger partial charge < -0.3 is 64.2 Å². The summed E-state index contributed by atoms with van der Waals surface area (Å²) in [4.78, 5) is 12.1. The first-order valence-electron chi connectivity index (χ1n) is 15.5. The van der Waals surface area contributed by atoms with E-state index in [2.05, 4.69) is 0 Å². The lowest BCUT2D eigenvalue weighted by molar-refractivity contribution is -0.355. The third kappa shape index (κ3) is 9.51. The molecule has 0 amide bonds. The van der Waals surface area contributed by atoms with Gasteiger partial charge in [0.25, 0.3) is 0 Å². The molecule has 0 radical (unpaired) electrons. The number of aliphatic carboxylic acids is 1. The minimum absolute atomic E-state index is 0.0282. The van der Waals surface area contributed by atoms with Crippen molar-refractivity contribution in [3.63, 3.8) is 0 Å². The number of aliphatic hydroxyl groups excluding tert-OH is 6. The highest BCUT2D eigenvalue weighted by atomic mass is 32.2. The fourth-order valence-electron chi connectivity index (χ4n) is 6.43. The van der Waals surface area contributed by atoms with Crippen LogP contribution in [0.5, 0.6) is 0 Å². The van der Waals surface area contributed by atoms with Crippen molar-refractivity contribution in [3.05, 3.63) is 0 Å². The van der Waals surface area contributed by atoms with Gasteiger partial charge in [0, 0.05) is 13.2 Å². The maximum atomic E-state index is 12.1. The Morgan fingerprint density at radius 1 is 0.870 bits per heavy atom. The summed E-state index contributed by atoms with van der Waals surface area (Å²) in [5, 5.41) is 72.9. The fraction of sp³-hybridized carbons (Fsp3) is 0.963. The maximum absolute atomic E-state index is 12.1. The fourth-order valence-corrected chi connectivity index (χ4v) is 6.80. The van der Waals surface area contributed by atoms with Crippen molar-refractivity contribution in [2.75, 3.05) is 19.8 Å². The van der Waals surface area contributed by atoms with Gasteiger partial charge in [0.05, 0.1) is 24.9 Å². The van der Waals surface area contributed by atoms with Crippen LogP contribution in [0.15, 0.2) is 0 Å². The first-order valence-corrected chi connectivity index (χ1v) is 17.0. The van der Waals surface area contributed by atoms with Gasteiger partial charge in [0.15, 0.2) is 18.7 Å². The lowest BCUT2D eigenvalue weighted by Crippen LogP contribution is -2.64. The van der Waals surface area contributed by atoms with Gasteiger partial charge >= 0.3 is 16.3 Å². The molecule has 46 heavy (non-hydrogen) atoms. The van der Waals surface area contributed by atoms with Crippen LogP contribution in [0.4, 0.5) is 0 Å². The molecule has 1 aliphatic carbocycles. The highest BCUT2D eigenvalue weighted by molar-refractivity contribution is 7.83. The Balaban J connectivity index is 1.54. The predicted octanol–water partition coefficient (Wildman–Crippen LogP) is -2.99. The van der Waals surface area contributed by atoms with Crippen molar-refractivity contribution in [2.45, 2.75) is 138 Å². The van der Waals surface area contributed by atoms with E-state index in [9.17, 15) is 53.5 Å². The van der Waals surface area contributed by atoms with Gasteiger partial charge in [-0.1, -0.05) is 32.1 Å².